The monoisotopic (exact) mass is 295 g/mol. The first-order valence-electron chi connectivity index (χ1n) is 6.90. The molecule has 1 heterocycles. The van der Waals surface area contributed by atoms with Gasteiger partial charge in [0.25, 0.3) is 5.69 Å². The lowest BCUT2D eigenvalue weighted by molar-refractivity contribution is -0.384. The maximum Gasteiger partial charge on any atom is 0.344 e. The molecule has 5 heteroatoms. The smallest absolute Gasteiger partial charge is 0.344 e. The minimum Gasteiger partial charge on any atom is -0.422 e. The third-order valence-corrected chi connectivity index (χ3v) is 3.62. The predicted molar refractivity (Wildman–Crippen MR) is 82.2 cm³/mol. The third-order valence-electron chi connectivity index (χ3n) is 3.62. The van der Waals surface area contributed by atoms with Crippen molar-refractivity contribution in [1.82, 2.24) is 0 Å². The maximum absolute atomic E-state index is 11.9. The number of nitro groups is 1. The van der Waals surface area contributed by atoms with Gasteiger partial charge >= 0.3 is 5.97 Å². The van der Waals surface area contributed by atoms with Gasteiger partial charge in [-0.05, 0) is 29.7 Å². The van der Waals surface area contributed by atoms with Crippen LogP contribution < -0.4 is 0 Å². The number of carbonyl (C=O) groups excluding carboxylic acids is 1. The number of nitrogens with zero attached hydrogens (tertiary/aromatic N) is 1. The minimum atomic E-state index is -0.557. The maximum atomic E-state index is 11.9. The van der Waals surface area contributed by atoms with Crippen LogP contribution in [0.25, 0.3) is 11.8 Å². The summed E-state index contributed by atoms with van der Waals surface area (Å²) in [6.07, 6.45) is 2.66. The molecule has 0 unspecified atom stereocenters. The van der Waals surface area contributed by atoms with Gasteiger partial charge in [0.05, 0.1) is 10.5 Å². The van der Waals surface area contributed by atoms with Gasteiger partial charge in [0.2, 0.25) is 0 Å². The van der Waals surface area contributed by atoms with Gasteiger partial charge in [-0.2, -0.15) is 0 Å². The molecule has 3 rings (SSSR count). The van der Waals surface area contributed by atoms with Crippen molar-refractivity contribution in [3.8, 4) is 0 Å². The molecular weight excluding hydrogens is 282 g/mol. The van der Waals surface area contributed by atoms with Crippen molar-refractivity contribution in [1.29, 1.82) is 0 Å². The molecule has 0 bridgehead atoms. The zero-order valence-electron chi connectivity index (χ0n) is 11.9. The SMILES string of the molecule is CCc1ccccc1C=C1OC(=O)c2cc([N+](=O)[O-])ccc21. The topological polar surface area (TPSA) is 69.4 Å². The van der Waals surface area contributed by atoms with Gasteiger partial charge in [-0.3, -0.25) is 10.1 Å². The molecule has 2 aromatic carbocycles. The highest BCUT2D eigenvalue weighted by molar-refractivity contribution is 6.06. The van der Waals surface area contributed by atoms with Gasteiger partial charge in [-0.25, -0.2) is 4.79 Å². The molecule has 0 spiro atoms. The Kier molecular flexibility index (Phi) is 3.47. The van der Waals surface area contributed by atoms with E-state index >= 15 is 0 Å². The Morgan fingerprint density at radius 2 is 1.95 bits per heavy atom. The Labute approximate surface area is 127 Å². The second kappa shape index (κ2) is 5.44. The zero-order valence-corrected chi connectivity index (χ0v) is 11.9. The van der Waals surface area contributed by atoms with E-state index in [1.54, 1.807) is 12.1 Å². The molecule has 110 valence electrons. The fourth-order valence-corrected chi connectivity index (χ4v) is 2.48. The van der Waals surface area contributed by atoms with Crippen LogP contribution in [0, 0.1) is 10.1 Å². The standard InChI is InChI=1S/C17H13NO4/c1-2-11-5-3-4-6-12(11)9-16-14-8-7-13(18(20)21)10-15(14)17(19)22-16/h3-10H,2H2,1H3. The Morgan fingerprint density at radius 1 is 1.18 bits per heavy atom. The number of nitro benzene ring substituents is 1. The lowest BCUT2D eigenvalue weighted by Gasteiger charge is -2.04. The number of hydrogen-bond acceptors (Lipinski definition) is 4. The summed E-state index contributed by atoms with van der Waals surface area (Å²) in [6.45, 7) is 2.05. The van der Waals surface area contributed by atoms with Gasteiger partial charge in [0, 0.05) is 17.7 Å². The predicted octanol–water partition coefficient (Wildman–Crippen LogP) is 3.83. The van der Waals surface area contributed by atoms with E-state index in [0.29, 0.717) is 11.3 Å². The minimum absolute atomic E-state index is 0.120. The summed E-state index contributed by atoms with van der Waals surface area (Å²) in [5.41, 5.74) is 2.81. The zero-order chi connectivity index (χ0) is 15.7. The van der Waals surface area contributed by atoms with Crippen molar-refractivity contribution in [3.63, 3.8) is 0 Å². The number of cyclic esters (lactones) is 1. The average molecular weight is 295 g/mol. The number of aryl methyl sites for hydroxylation is 1. The van der Waals surface area contributed by atoms with E-state index in [2.05, 4.69) is 6.92 Å². The molecule has 0 amide bonds. The van der Waals surface area contributed by atoms with Crippen LogP contribution in [0.5, 0.6) is 0 Å². The first-order valence-corrected chi connectivity index (χ1v) is 6.90. The summed E-state index contributed by atoms with van der Waals surface area (Å²) >= 11 is 0. The van der Waals surface area contributed by atoms with Crippen molar-refractivity contribution in [2.75, 3.05) is 0 Å². The molecule has 0 saturated heterocycles. The number of carbonyl (C=O) groups is 1. The molecule has 22 heavy (non-hydrogen) atoms. The number of ether oxygens (including phenoxy) is 1. The Morgan fingerprint density at radius 3 is 2.68 bits per heavy atom. The van der Waals surface area contributed by atoms with Crippen LogP contribution >= 0.6 is 0 Å². The number of non-ortho nitro benzene ring substituents is 1. The van der Waals surface area contributed by atoms with Crippen LogP contribution in [-0.2, 0) is 11.2 Å². The lowest BCUT2D eigenvalue weighted by atomic mass is 10.0. The highest BCUT2D eigenvalue weighted by Gasteiger charge is 2.28. The van der Waals surface area contributed by atoms with Gasteiger partial charge < -0.3 is 4.74 Å². The first-order chi connectivity index (χ1) is 10.6. The van der Waals surface area contributed by atoms with E-state index in [4.69, 9.17) is 4.74 Å². The number of fused-ring (bicyclic) bond motifs is 1. The Bertz CT molecular complexity index is 808. The molecule has 5 nitrogen and oxygen atoms in total. The third kappa shape index (κ3) is 2.37. The summed E-state index contributed by atoms with van der Waals surface area (Å²) in [4.78, 5) is 22.2. The molecule has 0 atom stereocenters. The summed E-state index contributed by atoms with van der Waals surface area (Å²) in [5.74, 6) is -0.130. The normalized spacial score (nSPS) is 14.8. The molecule has 0 N–H and O–H groups in total. The van der Waals surface area contributed by atoms with E-state index in [1.807, 2.05) is 24.3 Å². The number of rotatable bonds is 3. The fourth-order valence-electron chi connectivity index (χ4n) is 2.48. The molecule has 2 aromatic rings. The summed E-state index contributed by atoms with van der Waals surface area (Å²) < 4.78 is 5.27. The highest BCUT2D eigenvalue weighted by Crippen LogP contribution is 2.34. The van der Waals surface area contributed by atoms with Gasteiger partial charge in [0.1, 0.15) is 5.76 Å². The van der Waals surface area contributed by atoms with E-state index < -0.39 is 10.9 Å². The Hall–Kier alpha value is -2.95. The largest absolute Gasteiger partial charge is 0.422 e. The second-order valence-electron chi connectivity index (χ2n) is 4.94. The lowest BCUT2D eigenvalue weighted by Crippen LogP contribution is -1.95. The van der Waals surface area contributed by atoms with Crippen molar-refractivity contribution in [3.05, 3.63) is 74.8 Å². The van der Waals surface area contributed by atoms with Crippen molar-refractivity contribution < 1.29 is 14.5 Å². The summed E-state index contributed by atoms with van der Waals surface area (Å²) in [6, 6.07) is 12.0. The molecule has 1 aliphatic heterocycles. The summed E-state index contributed by atoms with van der Waals surface area (Å²) in [5, 5.41) is 10.8. The first kappa shape index (κ1) is 14.0. The van der Waals surface area contributed by atoms with Crippen LogP contribution in [0.4, 0.5) is 5.69 Å². The van der Waals surface area contributed by atoms with Crippen molar-refractivity contribution >= 4 is 23.5 Å². The molecule has 0 radical (unpaired) electrons. The van der Waals surface area contributed by atoms with Crippen molar-refractivity contribution in [2.24, 2.45) is 0 Å². The van der Waals surface area contributed by atoms with E-state index in [0.717, 1.165) is 17.5 Å². The molecule has 0 aromatic heterocycles. The van der Waals surface area contributed by atoms with E-state index in [1.165, 1.54) is 12.1 Å². The second-order valence-corrected chi connectivity index (χ2v) is 4.94. The van der Waals surface area contributed by atoms with Crippen LogP contribution in [0.1, 0.15) is 34.0 Å². The molecule has 0 aliphatic carbocycles. The Balaban J connectivity index is 2.08. The van der Waals surface area contributed by atoms with E-state index in [9.17, 15) is 14.9 Å². The fraction of sp³-hybridized carbons (Fsp3) is 0.118. The highest BCUT2D eigenvalue weighted by atomic mass is 16.6. The number of benzene rings is 2. The van der Waals surface area contributed by atoms with Gasteiger partial charge in [-0.1, -0.05) is 31.2 Å². The van der Waals surface area contributed by atoms with Gasteiger partial charge in [-0.15, -0.1) is 0 Å². The average Bonchev–Trinajstić information content (AvgIpc) is 2.83. The van der Waals surface area contributed by atoms with Crippen LogP contribution in [0.2, 0.25) is 0 Å². The molecule has 0 saturated carbocycles. The number of hydrogen-bond donors (Lipinski definition) is 0. The quantitative estimate of drug-likeness (QED) is 0.490. The molecule has 0 fully saturated rings. The van der Waals surface area contributed by atoms with Crippen molar-refractivity contribution in [2.45, 2.75) is 13.3 Å². The van der Waals surface area contributed by atoms with Crippen LogP contribution in [0.15, 0.2) is 42.5 Å². The van der Waals surface area contributed by atoms with Crippen LogP contribution in [0.3, 0.4) is 0 Å². The molecular formula is C17H13NO4. The van der Waals surface area contributed by atoms with Crippen LogP contribution in [-0.4, -0.2) is 10.9 Å². The van der Waals surface area contributed by atoms with E-state index in [-0.39, 0.29) is 11.3 Å². The van der Waals surface area contributed by atoms with Gasteiger partial charge in [0.15, 0.2) is 0 Å². The summed E-state index contributed by atoms with van der Waals surface area (Å²) in [7, 11) is 0. The number of esters is 1. The molecule has 1 aliphatic rings.